The second kappa shape index (κ2) is 12.3. The van der Waals surface area contributed by atoms with Gasteiger partial charge >= 0.3 is 0 Å². The van der Waals surface area contributed by atoms with Crippen LogP contribution < -0.4 is 10.2 Å². The van der Waals surface area contributed by atoms with Crippen molar-refractivity contribution in [3.63, 3.8) is 0 Å². The summed E-state index contributed by atoms with van der Waals surface area (Å²) in [6.07, 6.45) is -0.121. The van der Waals surface area contributed by atoms with Gasteiger partial charge in [0.25, 0.3) is 5.91 Å². The first-order chi connectivity index (χ1) is 19.3. The zero-order valence-electron chi connectivity index (χ0n) is 23.7. The van der Waals surface area contributed by atoms with Crippen LogP contribution in [-0.4, -0.2) is 110 Å². The van der Waals surface area contributed by atoms with Gasteiger partial charge in [-0.05, 0) is 32.0 Å². The number of likely N-dealkylation sites (N-methyl/N-ethyl adjacent to an activating group) is 1. The molecule has 1 aromatic carbocycles. The van der Waals surface area contributed by atoms with Gasteiger partial charge < -0.3 is 29.5 Å². The van der Waals surface area contributed by atoms with Crippen molar-refractivity contribution in [3.05, 3.63) is 35.2 Å². The number of fused-ring (bicyclic) bond motifs is 1. The Balaban J connectivity index is 1.27. The summed E-state index contributed by atoms with van der Waals surface area (Å²) in [6.45, 7) is 10.5. The number of ether oxygens (including phenoxy) is 2. The van der Waals surface area contributed by atoms with E-state index in [-0.39, 0.29) is 42.8 Å². The third-order valence-corrected chi connectivity index (χ3v) is 9.18. The number of carbonyl (C=O) groups is 3. The zero-order valence-corrected chi connectivity index (χ0v) is 24.5. The van der Waals surface area contributed by atoms with Gasteiger partial charge in [-0.1, -0.05) is 32.4 Å². The molecule has 0 saturated carbocycles. The molecule has 3 fully saturated rings. The summed E-state index contributed by atoms with van der Waals surface area (Å²) in [7, 11) is 2.13. The number of aromatic nitrogens is 1. The Hall–Kier alpha value is -2.86. The molecule has 3 aliphatic heterocycles. The van der Waals surface area contributed by atoms with Gasteiger partial charge in [-0.25, -0.2) is 4.98 Å². The third kappa shape index (κ3) is 5.79. The number of rotatable bonds is 9. The Bertz CT molecular complexity index is 1210. The summed E-state index contributed by atoms with van der Waals surface area (Å²) >= 11 is 1.63. The number of thiazole rings is 1. The average Bonchev–Trinajstić information content (AvgIpc) is 3.69. The van der Waals surface area contributed by atoms with E-state index in [1.807, 2.05) is 38.3 Å². The second-order valence-corrected chi connectivity index (χ2v) is 11.7. The van der Waals surface area contributed by atoms with Crippen LogP contribution in [0.2, 0.25) is 0 Å². The van der Waals surface area contributed by atoms with E-state index in [2.05, 4.69) is 22.2 Å². The summed E-state index contributed by atoms with van der Waals surface area (Å²) in [5.74, 6) is -0.842. The van der Waals surface area contributed by atoms with Crippen LogP contribution in [0.25, 0.3) is 11.3 Å². The number of hydrogen-bond donors (Lipinski definition) is 1. The van der Waals surface area contributed by atoms with Crippen LogP contribution in [0.3, 0.4) is 0 Å². The first kappa shape index (κ1) is 28.7. The number of anilines is 1. The molecule has 0 unspecified atom stereocenters. The van der Waals surface area contributed by atoms with Crippen LogP contribution in [0.5, 0.6) is 0 Å². The topological polar surface area (TPSA) is 104 Å². The summed E-state index contributed by atoms with van der Waals surface area (Å²) in [6, 6.07) is 5.89. The average molecular weight is 570 g/mol. The summed E-state index contributed by atoms with van der Waals surface area (Å²) in [5, 5.41) is 6.03. The molecule has 5 atom stereocenters. The molecule has 216 valence electrons. The highest BCUT2D eigenvalue weighted by Gasteiger charge is 2.54. The van der Waals surface area contributed by atoms with E-state index in [9.17, 15) is 14.4 Å². The van der Waals surface area contributed by atoms with Gasteiger partial charge in [-0.3, -0.25) is 14.4 Å². The van der Waals surface area contributed by atoms with E-state index in [4.69, 9.17) is 14.5 Å². The maximum atomic E-state index is 13.8. The molecular weight excluding hydrogens is 530 g/mol. The molecule has 4 heterocycles. The Kier molecular flexibility index (Phi) is 8.84. The van der Waals surface area contributed by atoms with Crippen LogP contribution in [-0.2, 0) is 19.1 Å². The molecule has 2 amide bonds. The molecule has 5 rings (SSSR count). The lowest BCUT2D eigenvalue weighted by molar-refractivity contribution is -0.139. The highest BCUT2D eigenvalue weighted by molar-refractivity contribution is 7.14. The third-order valence-electron chi connectivity index (χ3n) is 8.28. The van der Waals surface area contributed by atoms with Crippen LogP contribution in [0.1, 0.15) is 37.6 Å². The number of ketones is 1. The van der Waals surface area contributed by atoms with Crippen LogP contribution in [0.15, 0.2) is 29.6 Å². The van der Waals surface area contributed by atoms with Gasteiger partial charge in [-0.2, -0.15) is 0 Å². The molecule has 2 aromatic rings. The van der Waals surface area contributed by atoms with Gasteiger partial charge in [0.15, 0.2) is 10.9 Å². The van der Waals surface area contributed by atoms with E-state index in [1.54, 1.807) is 28.4 Å². The maximum Gasteiger partial charge on any atom is 0.251 e. The largest absolute Gasteiger partial charge is 0.374 e. The number of benzene rings is 1. The van der Waals surface area contributed by atoms with E-state index < -0.39 is 18.2 Å². The number of Topliss-reactive ketones (excluding diaryl/α,β-unsaturated/α-hetero) is 1. The van der Waals surface area contributed by atoms with Crippen LogP contribution >= 0.6 is 11.3 Å². The molecule has 40 heavy (non-hydrogen) atoms. The van der Waals surface area contributed by atoms with Gasteiger partial charge in [0.05, 0.1) is 12.2 Å². The predicted octanol–water partition coefficient (Wildman–Crippen LogP) is 2.29. The van der Waals surface area contributed by atoms with Crippen LogP contribution in [0.4, 0.5) is 5.13 Å². The van der Waals surface area contributed by atoms with Crippen molar-refractivity contribution in [1.82, 2.24) is 20.1 Å². The van der Waals surface area contributed by atoms with E-state index in [0.29, 0.717) is 18.6 Å². The Morgan fingerprint density at radius 1 is 1.18 bits per heavy atom. The number of hydrogen-bond acceptors (Lipinski definition) is 9. The molecule has 10 nitrogen and oxygen atoms in total. The van der Waals surface area contributed by atoms with Gasteiger partial charge in [0.1, 0.15) is 30.9 Å². The van der Waals surface area contributed by atoms with Crippen molar-refractivity contribution in [2.24, 2.45) is 5.92 Å². The highest BCUT2D eigenvalue weighted by Crippen LogP contribution is 2.31. The Morgan fingerprint density at radius 3 is 2.58 bits per heavy atom. The summed E-state index contributed by atoms with van der Waals surface area (Å²) < 4.78 is 11.5. The lowest BCUT2D eigenvalue weighted by Crippen LogP contribution is -2.54. The minimum atomic E-state index is -0.767. The summed E-state index contributed by atoms with van der Waals surface area (Å²) in [4.78, 5) is 50.7. The fraction of sp³-hybridized carbons (Fsp3) is 0.586. The normalized spacial score (nSPS) is 24.7. The van der Waals surface area contributed by atoms with Gasteiger partial charge in [-0.15, -0.1) is 11.3 Å². The van der Waals surface area contributed by atoms with Gasteiger partial charge in [0.2, 0.25) is 5.91 Å². The molecule has 1 N–H and O–H groups in total. The fourth-order valence-electron chi connectivity index (χ4n) is 5.62. The van der Waals surface area contributed by atoms with Crippen molar-refractivity contribution < 1.29 is 23.9 Å². The predicted molar refractivity (Wildman–Crippen MR) is 154 cm³/mol. The molecule has 0 bridgehead atoms. The van der Waals surface area contributed by atoms with Crippen molar-refractivity contribution in [1.29, 1.82) is 0 Å². The first-order valence-corrected chi connectivity index (χ1v) is 15.0. The zero-order chi connectivity index (χ0) is 28.4. The second-order valence-electron chi connectivity index (χ2n) is 10.9. The SMILES string of the molecule is CCO[C@H]1CN(C(=O)[C@@H](NC(=O)c2ccc(-c3csc(N4CCN(C)CC4)n3)cc2)[C@@H](C)CC)[C@@H]2C(=O)CO[C@@H]12. The van der Waals surface area contributed by atoms with E-state index in [0.717, 1.165) is 42.6 Å². The van der Waals surface area contributed by atoms with Gasteiger partial charge in [0, 0.05) is 49.3 Å². The van der Waals surface area contributed by atoms with Crippen molar-refractivity contribution >= 4 is 34.1 Å². The molecule has 3 aliphatic rings. The number of nitrogens with zero attached hydrogens (tertiary/aromatic N) is 4. The number of amides is 2. The Labute approximate surface area is 239 Å². The highest BCUT2D eigenvalue weighted by atomic mass is 32.1. The van der Waals surface area contributed by atoms with E-state index in [1.165, 1.54) is 0 Å². The quantitative estimate of drug-likeness (QED) is 0.491. The molecule has 11 heteroatoms. The first-order valence-electron chi connectivity index (χ1n) is 14.2. The van der Waals surface area contributed by atoms with Crippen molar-refractivity contribution in [3.8, 4) is 11.3 Å². The minimum Gasteiger partial charge on any atom is -0.374 e. The minimum absolute atomic E-state index is 0.0226. The standard InChI is InChI=1S/C29H39N5O5S/c1-5-18(3)24(28(37)34-15-23(38-6-2)26-25(34)22(35)16-39-26)31-27(36)20-9-7-19(8-10-20)21-17-40-29(30-21)33-13-11-32(4)12-14-33/h7-10,17-18,23-26H,5-6,11-16H2,1-4H3,(H,31,36)/t18-,23-,24-,25+,26-/m0/s1. The smallest absolute Gasteiger partial charge is 0.251 e. The molecule has 1 aromatic heterocycles. The number of piperazine rings is 1. The lowest BCUT2D eigenvalue weighted by Gasteiger charge is -2.32. The molecule has 3 saturated heterocycles. The van der Waals surface area contributed by atoms with Crippen molar-refractivity contribution in [2.45, 2.75) is 51.5 Å². The lowest BCUT2D eigenvalue weighted by atomic mass is 9.96. The Morgan fingerprint density at radius 2 is 1.90 bits per heavy atom. The molecule has 0 spiro atoms. The number of carbonyl (C=O) groups excluding carboxylic acids is 3. The monoisotopic (exact) mass is 569 g/mol. The number of nitrogens with one attached hydrogen (secondary N) is 1. The fourth-order valence-corrected chi connectivity index (χ4v) is 6.51. The maximum absolute atomic E-state index is 13.8. The summed E-state index contributed by atoms with van der Waals surface area (Å²) in [5.41, 5.74) is 2.29. The molecule has 0 radical (unpaired) electrons. The van der Waals surface area contributed by atoms with E-state index >= 15 is 0 Å². The van der Waals surface area contributed by atoms with Crippen molar-refractivity contribution in [2.75, 3.05) is 57.9 Å². The number of likely N-dealkylation sites (tertiary alicyclic amines) is 1. The van der Waals surface area contributed by atoms with Crippen LogP contribution in [0, 0.1) is 5.92 Å². The molecular formula is C29H39N5O5S. The molecule has 0 aliphatic carbocycles.